The van der Waals surface area contributed by atoms with Gasteiger partial charge in [0.15, 0.2) is 0 Å². The third-order valence-electron chi connectivity index (χ3n) is 5.30. The highest BCUT2D eigenvalue weighted by Crippen LogP contribution is 2.45. The number of hydroxylamine groups is 1. The van der Waals surface area contributed by atoms with Gasteiger partial charge in [-0.05, 0) is 74.8 Å². The topological polar surface area (TPSA) is 70.8 Å². The van der Waals surface area contributed by atoms with Crippen LogP contribution < -0.4 is 5.48 Å². The third kappa shape index (κ3) is 3.43. The van der Waals surface area contributed by atoms with Crippen LogP contribution in [0.25, 0.3) is 0 Å². The Bertz CT molecular complexity index is 971. The Morgan fingerprint density at radius 1 is 1.07 bits per heavy atom. The standard InChI is InChI=1S/C22H20N4O/c1-17-5-4-6-18(25-17)8-9-19-15-22(27-26-19)12-10-21(16-23,11-13-22)20-7-2-3-14-24-20/h2-7,14-15,26H,10-13H2,1H3. The van der Waals surface area contributed by atoms with Gasteiger partial charge >= 0.3 is 0 Å². The summed E-state index contributed by atoms with van der Waals surface area (Å²) in [7, 11) is 0. The van der Waals surface area contributed by atoms with E-state index in [2.05, 4.69) is 39.4 Å². The van der Waals surface area contributed by atoms with Crippen molar-refractivity contribution in [3.63, 3.8) is 0 Å². The van der Waals surface area contributed by atoms with Gasteiger partial charge in [0, 0.05) is 11.9 Å². The van der Waals surface area contributed by atoms with E-state index in [0.29, 0.717) is 12.8 Å². The SMILES string of the molecule is Cc1cccc(C#CC2=CC3(CCC(C#N)(c4ccccn4)CC3)ON2)n1. The molecular formula is C22H20N4O. The van der Waals surface area contributed by atoms with Crippen LogP contribution in [0.5, 0.6) is 0 Å². The summed E-state index contributed by atoms with van der Waals surface area (Å²) in [5.41, 5.74) is 5.29. The van der Waals surface area contributed by atoms with Crippen molar-refractivity contribution in [1.82, 2.24) is 15.4 Å². The van der Waals surface area contributed by atoms with E-state index in [0.717, 1.165) is 35.6 Å². The van der Waals surface area contributed by atoms with Crippen LogP contribution in [-0.4, -0.2) is 15.6 Å². The Hall–Kier alpha value is -3.15. The molecule has 1 N–H and O–H groups in total. The van der Waals surface area contributed by atoms with Gasteiger partial charge in [0.25, 0.3) is 0 Å². The summed E-state index contributed by atoms with van der Waals surface area (Å²) < 4.78 is 0. The smallest absolute Gasteiger partial charge is 0.117 e. The fourth-order valence-electron chi connectivity index (χ4n) is 3.70. The Balaban J connectivity index is 1.50. The van der Waals surface area contributed by atoms with E-state index in [4.69, 9.17) is 4.84 Å². The van der Waals surface area contributed by atoms with Crippen molar-refractivity contribution in [1.29, 1.82) is 5.26 Å². The Kier molecular flexibility index (Phi) is 4.39. The maximum atomic E-state index is 9.82. The predicted molar refractivity (Wildman–Crippen MR) is 101 cm³/mol. The quantitative estimate of drug-likeness (QED) is 0.794. The number of rotatable bonds is 1. The van der Waals surface area contributed by atoms with Crippen LogP contribution in [0.3, 0.4) is 0 Å². The molecule has 0 unspecified atom stereocenters. The second kappa shape index (κ2) is 6.87. The Morgan fingerprint density at radius 2 is 1.93 bits per heavy atom. The second-order valence-electron chi connectivity index (χ2n) is 7.15. The molecule has 5 nitrogen and oxygen atoms in total. The van der Waals surface area contributed by atoms with Crippen LogP contribution in [-0.2, 0) is 10.3 Å². The van der Waals surface area contributed by atoms with Gasteiger partial charge in [0.1, 0.15) is 17.0 Å². The zero-order valence-corrected chi connectivity index (χ0v) is 15.2. The number of hydrogen-bond acceptors (Lipinski definition) is 5. The Labute approximate surface area is 159 Å². The van der Waals surface area contributed by atoms with Crippen LogP contribution in [0.15, 0.2) is 54.4 Å². The zero-order chi connectivity index (χ0) is 18.7. The molecule has 0 saturated heterocycles. The molecule has 2 aromatic rings. The van der Waals surface area contributed by atoms with Crippen LogP contribution >= 0.6 is 0 Å². The maximum Gasteiger partial charge on any atom is 0.117 e. The van der Waals surface area contributed by atoms with E-state index in [1.165, 1.54) is 0 Å². The molecule has 0 aromatic carbocycles. The summed E-state index contributed by atoms with van der Waals surface area (Å²) in [5.74, 6) is 6.17. The van der Waals surface area contributed by atoms with Crippen molar-refractivity contribution in [3.8, 4) is 17.9 Å². The molecule has 2 aliphatic rings. The minimum absolute atomic E-state index is 0.404. The monoisotopic (exact) mass is 356 g/mol. The molecule has 1 aliphatic carbocycles. The van der Waals surface area contributed by atoms with Crippen molar-refractivity contribution < 1.29 is 4.84 Å². The molecule has 4 rings (SSSR count). The highest BCUT2D eigenvalue weighted by atomic mass is 16.7. The van der Waals surface area contributed by atoms with Gasteiger partial charge in [-0.1, -0.05) is 12.1 Å². The van der Waals surface area contributed by atoms with Crippen molar-refractivity contribution in [2.24, 2.45) is 0 Å². The molecule has 3 heterocycles. The zero-order valence-electron chi connectivity index (χ0n) is 15.2. The molecule has 0 atom stereocenters. The normalized spacial score (nSPS) is 26.4. The number of nitriles is 1. The summed E-state index contributed by atoms with van der Waals surface area (Å²) in [5, 5.41) is 9.82. The fraction of sp³-hybridized carbons (Fsp3) is 0.318. The van der Waals surface area contributed by atoms with Crippen LogP contribution in [0.1, 0.15) is 42.8 Å². The van der Waals surface area contributed by atoms with Gasteiger partial charge in [0.2, 0.25) is 0 Å². The van der Waals surface area contributed by atoms with E-state index >= 15 is 0 Å². The maximum absolute atomic E-state index is 9.82. The summed E-state index contributed by atoms with van der Waals surface area (Å²) in [6.07, 6.45) is 6.71. The van der Waals surface area contributed by atoms with Gasteiger partial charge in [-0.2, -0.15) is 5.26 Å². The van der Waals surface area contributed by atoms with E-state index < -0.39 is 11.0 Å². The first-order chi connectivity index (χ1) is 13.1. The van der Waals surface area contributed by atoms with E-state index in [-0.39, 0.29) is 0 Å². The third-order valence-corrected chi connectivity index (χ3v) is 5.30. The Morgan fingerprint density at radius 3 is 2.63 bits per heavy atom. The lowest BCUT2D eigenvalue weighted by Gasteiger charge is -2.38. The summed E-state index contributed by atoms with van der Waals surface area (Å²) in [4.78, 5) is 14.7. The number of pyridine rings is 2. The largest absolute Gasteiger partial charge is 0.265 e. The van der Waals surface area contributed by atoms with Crippen LogP contribution in [0.2, 0.25) is 0 Å². The number of aromatic nitrogens is 2. The fourth-order valence-corrected chi connectivity index (χ4v) is 3.70. The lowest BCUT2D eigenvalue weighted by atomic mass is 9.67. The molecule has 1 aliphatic heterocycles. The first-order valence-corrected chi connectivity index (χ1v) is 9.09. The summed E-state index contributed by atoms with van der Waals surface area (Å²) in [6.45, 7) is 1.95. The molecule has 0 radical (unpaired) electrons. The summed E-state index contributed by atoms with van der Waals surface area (Å²) >= 11 is 0. The predicted octanol–water partition coefficient (Wildman–Crippen LogP) is 3.33. The van der Waals surface area contributed by atoms with E-state index in [9.17, 15) is 5.26 Å². The van der Waals surface area contributed by atoms with Crippen LogP contribution in [0, 0.1) is 30.1 Å². The molecule has 1 saturated carbocycles. The van der Waals surface area contributed by atoms with Crippen molar-refractivity contribution in [2.45, 2.75) is 43.6 Å². The summed E-state index contributed by atoms with van der Waals surface area (Å²) in [6, 6.07) is 14.0. The molecule has 0 amide bonds. The lowest BCUT2D eigenvalue weighted by molar-refractivity contribution is -0.0671. The van der Waals surface area contributed by atoms with Gasteiger partial charge in [-0.15, -0.1) is 0 Å². The molecular weight excluding hydrogens is 336 g/mol. The minimum Gasteiger partial charge on any atom is -0.265 e. The van der Waals surface area contributed by atoms with Gasteiger partial charge < -0.3 is 0 Å². The lowest BCUT2D eigenvalue weighted by Crippen LogP contribution is -2.41. The van der Waals surface area contributed by atoms with Crippen molar-refractivity contribution >= 4 is 0 Å². The number of allylic oxidation sites excluding steroid dienone is 1. The highest BCUT2D eigenvalue weighted by molar-refractivity contribution is 5.39. The number of aryl methyl sites for hydroxylation is 1. The molecule has 1 spiro atoms. The van der Waals surface area contributed by atoms with Crippen molar-refractivity contribution in [2.75, 3.05) is 0 Å². The molecule has 5 heteroatoms. The number of nitrogens with one attached hydrogen (secondary N) is 1. The van der Waals surface area contributed by atoms with Crippen LogP contribution in [0.4, 0.5) is 0 Å². The first-order valence-electron chi connectivity index (χ1n) is 9.09. The van der Waals surface area contributed by atoms with Gasteiger partial charge in [0.05, 0.1) is 17.2 Å². The average molecular weight is 356 g/mol. The average Bonchev–Trinajstić information content (AvgIpc) is 3.11. The van der Waals surface area contributed by atoms with Gasteiger partial charge in [-0.3, -0.25) is 15.3 Å². The minimum atomic E-state index is -0.538. The first kappa shape index (κ1) is 17.3. The molecule has 134 valence electrons. The molecule has 1 fully saturated rings. The molecule has 0 bridgehead atoms. The van der Waals surface area contributed by atoms with E-state index in [1.54, 1.807) is 6.20 Å². The van der Waals surface area contributed by atoms with Gasteiger partial charge in [-0.25, -0.2) is 4.98 Å². The van der Waals surface area contributed by atoms with E-state index in [1.807, 2.05) is 43.3 Å². The van der Waals surface area contributed by atoms with Crippen molar-refractivity contribution in [3.05, 3.63) is 71.4 Å². The molecule has 27 heavy (non-hydrogen) atoms. The highest BCUT2D eigenvalue weighted by Gasteiger charge is 2.46. The number of nitrogens with zero attached hydrogens (tertiary/aromatic N) is 3. The number of hydrogen-bond donors (Lipinski definition) is 1. The second-order valence-corrected chi connectivity index (χ2v) is 7.15. The molecule has 2 aromatic heterocycles.